The number of carboxylic acids is 1. The fraction of sp³-hybridized carbons (Fsp3) is 0.857. The van der Waals surface area contributed by atoms with Crippen molar-refractivity contribution in [2.45, 2.75) is 26.9 Å². The predicted molar refractivity (Wildman–Crippen MR) is 37.6 cm³/mol. The van der Waals surface area contributed by atoms with Crippen LogP contribution in [0.25, 0.3) is 0 Å². The Bertz CT molecular complexity index is 120. The highest BCUT2D eigenvalue weighted by atomic mass is 16.4. The summed E-state index contributed by atoms with van der Waals surface area (Å²) >= 11 is 0. The SMILES string of the molecule is CC(C(=O)O)[C@@H](C)[C@H](C)O. The van der Waals surface area contributed by atoms with Crippen LogP contribution in [0.3, 0.4) is 0 Å². The summed E-state index contributed by atoms with van der Waals surface area (Å²) in [5.74, 6) is -1.51. The van der Waals surface area contributed by atoms with Gasteiger partial charge in [0.25, 0.3) is 0 Å². The molecule has 3 heteroatoms. The maximum atomic E-state index is 10.3. The van der Waals surface area contributed by atoms with Crippen molar-refractivity contribution in [3.05, 3.63) is 0 Å². The molecule has 0 saturated heterocycles. The lowest BCUT2D eigenvalue weighted by Gasteiger charge is -2.18. The number of rotatable bonds is 3. The molecule has 60 valence electrons. The number of carbonyl (C=O) groups is 1. The number of carboxylic acid groups (broad SMARTS) is 1. The molecule has 0 amide bonds. The highest BCUT2D eigenvalue weighted by Crippen LogP contribution is 2.14. The molecule has 0 heterocycles. The van der Waals surface area contributed by atoms with Crippen molar-refractivity contribution in [2.24, 2.45) is 11.8 Å². The van der Waals surface area contributed by atoms with Crippen molar-refractivity contribution in [1.82, 2.24) is 0 Å². The topological polar surface area (TPSA) is 57.5 Å². The maximum absolute atomic E-state index is 10.3. The Kier molecular flexibility index (Phi) is 3.36. The second-order valence-corrected chi connectivity index (χ2v) is 2.73. The molecule has 0 aromatic heterocycles. The Hall–Kier alpha value is -0.570. The first-order valence-corrected chi connectivity index (χ1v) is 3.37. The lowest BCUT2D eigenvalue weighted by Crippen LogP contribution is -2.26. The van der Waals surface area contributed by atoms with Gasteiger partial charge in [-0.1, -0.05) is 13.8 Å². The zero-order valence-corrected chi connectivity index (χ0v) is 6.53. The zero-order valence-electron chi connectivity index (χ0n) is 6.53. The molecule has 0 fully saturated rings. The molecule has 0 aliphatic carbocycles. The standard InChI is InChI=1S/C7H14O3/c1-4(6(3)8)5(2)7(9)10/h4-6,8H,1-3H3,(H,9,10)/t4-,5?,6+/m1/s1. The first-order chi connectivity index (χ1) is 4.46. The third-order valence-electron chi connectivity index (χ3n) is 1.94. The Morgan fingerprint density at radius 1 is 1.30 bits per heavy atom. The fourth-order valence-electron chi connectivity index (χ4n) is 0.643. The smallest absolute Gasteiger partial charge is 0.306 e. The summed E-state index contributed by atoms with van der Waals surface area (Å²) in [5.41, 5.74) is 0. The van der Waals surface area contributed by atoms with E-state index in [2.05, 4.69) is 0 Å². The average molecular weight is 146 g/mol. The number of hydrogen-bond donors (Lipinski definition) is 2. The van der Waals surface area contributed by atoms with Gasteiger partial charge in [0.15, 0.2) is 0 Å². The molecular formula is C7H14O3. The Morgan fingerprint density at radius 2 is 1.70 bits per heavy atom. The number of aliphatic hydroxyl groups is 1. The van der Waals surface area contributed by atoms with E-state index in [1.54, 1.807) is 20.8 Å². The van der Waals surface area contributed by atoms with Gasteiger partial charge in [0.2, 0.25) is 0 Å². The number of aliphatic carboxylic acids is 1. The first kappa shape index (κ1) is 9.43. The molecule has 2 N–H and O–H groups in total. The summed E-state index contributed by atoms with van der Waals surface area (Å²) in [5, 5.41) is 17.5. The second-order valence-electron chi connectivity index (χ2n) is 2.73. The fourth-order valence-corrected chi connectivity index (χ4v) is 0.643. The van der Waals surface area contributed by atoms with Gasteiger partial charge in [0.05, 0.1) is 12.0 Å². The van der Waals surface area contributed by atoms with Crippen molar-refractivity contribution in [3.8, 4) is 0 Å². The maximum Gasteiger partial charge on any atom is 0.306 e. The summed E-state index contributed by atoms with van der Waals surface area (Å²) in [6.45, 7) is 4.92. The van der Waals surface area contributed by atoms with Gasteiger partial charge in [0.1, 0.15) is 0 Å². The summed E-state index contributed by atoms with van der Waals surface area (Å²) in [6, 6.07) is 0. The molecule has 0 aromatic rings. The molecule has 0 rings (SSSR count). The van der Waals surface area contributed by atoms with Crippen LogP contribution in [0.15, 0.2) is 0 Å². The molecule has 10 heavy (non-hydrogen) atoms. The van der Waals surface area contributed by atoms with Gasteiger partial charge in [0, 0.05) is 0 Å². The van der Waals surface area contributed by atoms with Crippen LogP contribution in [0, 0.1) is 11.8 Å². The molecule has 0 aromatic carbocycles. The van der Waals surface area contributed by atoms with E-state index < -0.39 is 18.0 Å². The summed E-state index contributed by atoms with van der Waals surface area (Å²) in [6.07, 6.45) is -0.550. The minimum atomic E-state index is -0.853. The molecule has 0 bridgehead atoms. The number of aliphatic hydroxyl groups excluding tert-OH is 1. The average Bonchev–Trinajstić information content (AvgIpc) is 1.84. The summed E-state index contributed by atoms with van der Waals surface area (Å²) in [7, 11) is 0. The van der Waals surface area contributed by atoms with Crippen LogP contribution in [0.5, 0.6) is 0 Å². The zero-order chi connectivity index (χ0) is 8.31. The predicted octanol–water partition coefficient (Wildman–Crippen LogP) is 0.724. The van der Waals surface area contributed by atoms with Gasteiger partial charge in [-0.15, -0.1) is 0 Å². The van der Waals surface area contributed by atoms with Gasteiger partial charge in [-0.05, 0) is 12.8 Å². The highest BCUT2D eigenvalue weighted by molar-refractivity contribution is 5.69. The van der Waals surface area contributed by atoms with Crippen LogP contribution in [-0.2, 0) is 4.79 Å². The minimum absolute atomic E-state index is 0.183. The second kappa shape index (κ2) is 3.56. The highest BCUT2D eigenvalue weighted by Gasteiger charge is 2.22. The lowest BCUT2D eigenvalue weighted by molar-refractivity contribution is -0.144. The van der Waals surface area contributed by atoms with Crippen LogP contribution < -0.4 is 0 Å². The molecule has 0 saturated carbocycles. The van der Waals surface area contributed by atoms with E-state index in [0.29, 0.717) is 0 Å². The monoisotopic (exact) mass is 146 g/mol. The van der Waals surface area contributed by atoms with E-state index in [9.17, 15) is 4.79 Å². The first-order valence-electron chi connectivity index (χ1n) is 3.37. The van der Waals surface area contributed by atoms with Crippen LogP contribution in [0.1, 0.15) is 20.8 Å². The van der Waals surface area contributed by atoms with Crippen LogP contribution in [0.2, 0.25) is 0 Å². The van der Waals surface area contributed by atoms with Crippen LogP contribution in [0.4, 0.5) is 0 Å². The Morgan fingerprint density at radius 3 is 1.80 bits per heavy atom. The minimum Gasteiger partial charge on any atom is -0.481 e. The molecule has 1 unspecified atom stereocenters. The summed E-state index contributed by atoms with van der Waals surface area (Å²) < 4.78 is 0. The van der Waals surface area contributed by atoms with Crippen LogP contribution >= 0.6 is 0 Å². The van der Waals surface area contributed by atoms with Gasteiger partial charge < -0.3 is 10.2 Å². The van der Waals surface area contributed by atoms with Crippen molar-refractivity contribution >= 4 is 5.97 Å². The Balaban J connectivity index is 3.94. The quantitative estimate of drug-likeness (QED) is 0.617. The molecule has 0 aliphatic rings. The van der Waals surface area contributed by atoms with Crippen LogP contribution in [-0.4, -0.2) is 22.3 Å². The molecule has 3 nitrogen and oxygen atoms in total. The van der Waals surface area contributed by atoms with Crippen molar-refractivity contribution < 1.29 is 15.0 Å². The van der Waals surface area contributed by atoms with Gasteiger partial charge in [-0.3, -0.25) is 4.79 Å². The van der Waals surface area contributed by atoms with Gasteiger partial charge in [-0.2, -0.15) is 0 Å². The largest absolute Gasteiger partial charge is 0.481 e. The normalized spacial score (nSPS) is 19.6. The van der Waals surface area contributed by atoms with Crippen molar-refractivity contribution in [1.29, 1.82) is 0 Å². The van der Waals surface area contributed by atoms with E-state index in [4.69, 9.17) is 10.2 Å². The lowest BCUT2D eigenvalue weighted by atomic mass is 9.92. The third-order valence-corrected chi connectivity index (χ3v) is 1.94. The van der Waals surface area contributed by atoms with Crippen molar-refractivity contribution in [2.75, 3.05) is 0 Å². The van der Waals surface area contributed by atoms with E-state index >= 15 is 0 Å². The molecule has 0 radical (unpaired) electrons. The third kappa shape index (κ3) is 2.35. The number of hydrogen-bond acceptors (Lipinski definition) is 2. The molecule has 3 atom stereocenters. The van der Waals surface area contributed by atoms with E-state index in [-0.39, 0.29) is 5.92 Å². The van der Waals surface area contributed by atoms with Crippen molar-refractivity contribution in [3.63, 3.8) is 0 Å². The van der Waals surface area contributed by atoms with Gasteiger partial charge >= 0.3 is 5.97 Å². The van der Waals surface area contributed by atoms with Gasteiger partial charge in [-0.25, -0.2) is 0 Å². The van der Waals surface area contributed by atoms with E-state index in [0.717, 1.165) is 0 Å². The molecule has 0 spiro atoms. The van der Waals surface area contributed by atoms with E-state index in [1.165, 1.54) is 0 Å². The van der Waals surface area contributed by atoms with E-state index in [1.807, 2.05) is 0 Å². The Labute approximate surface area is 60.7 Å². The molecule has 0 aliphatic heterocycles. The summed E-state index contributed by atoms with van der Waals surface area (Å²) in [4.78, 5) is 10.3. The molecular weight excluding hydrogens is 132 g/mol.